The van der Waals surface area contributed by atoms with E-state index in [2.05, 4.69) is 10.3 Å². The molecule has 2 heterocycles. The van der Waals surface area contributed by atoms with E-state index in [1.165, 1.54) is 6.42 Å². The van der Waals surface area contributed by atoms with Crippen LogP contribution in [0.1, 0.15) is 24.8 Å². The van der Waals surface area contributed by atoms with Crippen molar-refractivity contribution in [3.05, 3.63) is 23.9 Å². The van der Waals surface area contributed by atoms with Gasteiger partial charge in [-0.2, -0.15) is 0 Å². The Kier molecular flexibility index (Phi) is 4.68. The second-order valence-corrected chi connectivity index (χ2v) is 5.00. The Morgan fingerprint density at radius 2 is 2.16 bits per heavy atom. The number of pyridine rings is 1. The van der Waals surface area contributed by atoms with Crippen LogP contribution in [0.3, 0.4) is 0 Å². The highest BCUT2D eigenvalue weighted by Gasteiger charge is 2.16. The van der Waals surface area contributed by atoms with Crippen molar-refractivity contribution in [3.8, 4) is 0 Å². The Morgan fingerprint density at radius 3 is 2.84 bits per heavy atom. The van der Waals surface area contributed by atoms with Crippen molar-refractivity contribution < 1.29 is 4.79 Å². The summed E-state index contributed by atoms with van der Waals surface area (Å²) in [6, 6.07) is 3.56. The standard InChI is InChI=1S/C13H18N4OS/c14-12(19)10-5-4-6-15-13(10)16-9-11(18)17-7-2-1-3-8-17/h4-6H,1-3,7-9H2,(H2,14,19)(H,15,16). The van der Waals surface area contributed by atoms with Crippen LogP contribution >= 0.6 is 12.2 Å². The van der Waals surface area contributed by atoms with Crippen molar-refractivity contribution in [3.63, 3.8) is 0 Å². The van der Waals surface area contributed by atoms with Gasteiger partial charge in [-0.25, -0.2) is 4.98 Å². The van der Waals surface area contributed by atoms with Gasteiger partial charge in [0.1, 0.15) is 10.8 Å². The average Bonchev–Trinajstić information content (AvgIpc) is 2.46. The number of hydrogen-bond donors (Lipinski definition) is 2. The molecule has 0 aromatic carbocycles. The highest BCUT2D eigenvalue weighted by atomic mass is 32.1. The maximum absolute atomic E-state index is 12.0. The van der Waals surface area contributed by atoms with Crippen molar-refractivity contribution in [1.29, 1.82) is 0 Å². The van der Waals surface area contributed by atoms with Crippen molar-refractivity contribution in [1.82, 2.24) is 9.88 Å². The lowest BCUT2D eigenvalue weighted by Gasteiger charge is -2.26. The predicted molar refractivity (Wildman–Crippen MR) is 79.0 cm³/mol. The van der Waals surface area contributed by atoms with Gasteiger partial charge < -0.3 is 16.0 Å². The maximum atomic E-state index is 12.0. The Hall–Kier alpha value is -1.69. The molecule has 3 N–H and O–H groups in total. The number of piperidine rings is 1. The lowest BCUT2D eigenvalue weighted by molar-refractivity contribution is -0.130. The molecule has 1 fully saturated rings. The molecule has 19 heavy (non-hydrogen) atoms. The number of likely N-dealkylation sites (tertiary alicyclic amines) is 1. The molecule has 1 aliphatic rings. The molecule has 0 saturated carbocycles. The van der Waals surface area contributed by atoms with E-state index in [9.17, 15) is 4.79 Å². The number of nitrogens with zero attached hydrogens (tertiary/aromatic N) is 2. The Bertz CT molecular complexity index is 471. The molecule has 0 spiro atoms. The van der Waals surface area contributed by atoms with Crippen LogP contribution in [-0.2, 0) is 4.79 Å². The minimum atomic E-state index is 0.0965. The topological polar surface area (TPSA) is 71.2 Å². The molecule has 1 amide bonds. The van der Waals surface area contributed by atoms with Gasteiger partial charge in [-0.1, -0.05) is 12.2 Å². The first-order valence-electron chi connectivity index (χ1n) is 6.45. The molecule has 1 aliphatic heterocycles. The number of nitrogens with one attached hydrogen (secondary N) is 1. The molecule has 0 unspecified atom stereocenters. The largest absolute Gasteiger partial charge is 0.389 e. The first-order chi connectivity index (χ1) is 9.18. The van der Waals surface area contributed by atoms with E-state index in [1.807, 2.05) is 4.90 Å². The third-order valence-electron chi connectivity index (χ3n) is 3.19. The molecule has 1 saturated heterocycles. The van der Waals surface area contributed by atoms with Gasteiger partial charge in [0.25, 0.3) is 0 Å². The van der Waals surface area contributed by atoms with E-state index in [-0.39, 0.29) is 17.4 Å². The minimum absolute atomic E-state index is 0.0965. The van der Waals surface area contributed by atoms with Crippen LogP contribution in [-0.4, -0.2) is 40.4 Å². The van der Waals surface area contributed by atoms with Gasteiger partial charge in [-0.3, -0.25) is 4.79 Å². The molecule has 0 atom stereocenters. The number of hydrogen-bond acceptors (Lipinski definition) is 4. The number of carbonyl (C=O) groups excluding carboxylic acids is 1. The maximum Gasteiger partial charge on any atom is 0.241 e. The molecule has 102 valence electrons. The van der Waals surface area contributed by atoms with Crippen LogP contribution in [0.15, 0.2) is 18.3 Å². The van der Waals surface area contributed by atoms with E-state index >= 15 is 0 Å². The summed E-state index contributed by atoms with van der Waals surface area (Å²) in [6.45, 7) is 1.93. The summed E-state index contributed by atoms with van der Waals surface area (Å²) >= 11 is 4.96. The molecule has 0 bridgehead atoms. The normalized spacial score (nSPS) is 15.1. The van der Waals surface area contributed by atoms with E-state index in [0.29, 0.717) is 11.4 Å². The fourth-order valence-corrected chi connectivity index (χ4v) is 2.32. The summed E-state index contributed by atoms with van der Waals surface area (Å²) in [4.78, 5) is 18.4. The number of carbonyl (C=O) groups is 1. The van der Waals surface area contributed by atoms with Crippen LogP contribution < -0.4 is 11.1 Å². The summed E-state index contributed by atoms with van der Waals surface area (Å²) in [5.74, 6) is 0.666. The highest BCUT2D eigenvalue weighted by Crippen LogP contribution is 2.12. The number of rotatable bonds is 4. The minimum Gasteiger partial charge on any atom is -0.389 e. The van der Waals surface area contributed by atoms with Gasteiger partial charge >= 0.3 is 0 Å². The number of aromatic nitrogens is 1. The zero-order chi connectivity index (χ0) is 13.7. The van der Waals surface area contributed by atoms with E-state index in [0.717, 1.165) is 25.9 Å². The summed E-state index contributed by atoms with van der Waals surface area (Å²) in [5, 5.41) is 3.02. The first kappa shape index (κ1) is 13.7. The van der Waals surface area contributed by atoms with Crippen molar-refractivity contribution in [2.45, 2.75) is 19.3 Å². The number of nitrogens with two attached hydrogens (primary N) is 1. The van der Waals surface area contributed by atoms with Gasteiger partial charge in [-0.05, 0) is 31.4 Å². The van der Waals surface area contributed by atoms with E-state index in [1.54, 1.807) is 18.3 Å². The van der Waals surface area contributed by atoms with Gasteiger partial charge in [0.15, 0.2) is 0 Å². The van der Waals surface area contributed by atoms with Crippen LogP contribution in [0.2, 0.25) is 0 Å². The molecule has 0 aliphatic carbocycles. The quantitative estimate of drug-likeness (QED) is 0.808. The van der Waals surface area contributed by atoms with Gasteiger partial charge in [0.05, 0.1) is 12.1 Å². The van der Waals surface area contributed by atoms with Gasteiger partial charge in [-0.15, -0.1) is 0 Å². The fraction of sp³-hybridized carbons (Fsp3) is 0.462. The number of anilines is 1. The number of thiocarbonyl (C=S) groups is 1. The summed E-state index contributed by atoms with van der Waals surface area (Å²) in [6.07, 6.45) is 5.04. The van der Waals surface area contributed by atoms with Crippen molar-refractivity contribution in [2.75, 3.05) is 25.0 Å². The summed E-state index contributed by atoms with van der Waals surface area (Å²) in [5.41, 5.74) is 6.29. The molecule has 0 radical (unpaired) electrons. The average molecular weight is 278 g/mol. The molecule has 5 nitrogen and oxygen atoms in total. The SMILES string of the molecule is NC(=S)c1cccnc1NCC(=O)N1CCCCC1. The first-order valence-corrected chi connectivity index (χ1v) is 6.86. The zero-order valence-electron chi connectivity index (χ0n) is 10.8. The summed E-state index contributed by atoms with van der Waals surface area (Å²) < 4.78 is 0. The monoisotopic (exact) mass is 278 g/mol. The highest BCUT2D eigenvalue weighted by molar-refractivity contribution is 7.80. The third kappa shape index (κ3) is 3.64. The number of amides is 1. The second kappa shape index (κ2) is 6.47. The van der Waals surface area contributed by atoms with Gasteiger partial charge in [0, 0.05) is 19.3 Å². The smallest absolute Gasteiger partial charge is 0.241 e. The Balaban J connectivity index is 1.94. The van der Waals surface area contributed by atoms with Crippen LogP contribution in [0.4, 0.5) is 5.82 Å². The van der Waals surface area contributed by atoms with Crippen molar-refractivity contribution >= 4 is 28.9 Å². The second-order valence-electron chi connectivity index (χ2n) is 4.56. The van der Waals surface area contributed by atoms with E-state index in [4.69, 9.17) is 18.0 Å². The van der Waals surface area contributed by atoms with Crippen LogP contribution in [0.25, 0.3) is 0 Å². The van der Waals surface area contributed by atoms with Crippen LogP contribution in [0.5, 0.6) is 0 Å². The Labute approximate surface area is 118 Å². The molecule has 1 aromatic heterocycles. The van der Waals surface area contributed by atoms with Gasteiger partial charge in [0.2, 0.25) is 5.91 Å². The predicted octanol–water partition coefficient (Wildman–Crippen LogP) is 1.14. The third-order valence-corrected chi connectivity index (χ3v) is 3.41. The van der Waals surface area contributed by atoms with E-state index < -0.39 is 0 Å². The van der Waals surface area contributed by atoms with Crippen molar-refractivity contribution in [2.24, 2.45) is 5.73 Å². The lowest BCUT2D eigenvalue weighted by atomic mass is 10.1. The Morgan fingerprint density at radius 1 is 1.42 bits per heavy atom. The molecule has 6 heteroatoms. The molecular formula is C13H18N4OS. The summed E-state index contributed by atoms with van der Waals surface area (Å²) in [7, 11) is 0. The molecule has 1 aromatic rings. The molecule has 2 rings (SSSR count). The zero-order valence-corrected chi connectivity index (χ0v) is 11.6. The van der Waals surface area contributed by atoms with Crippen LogP contribution in [0, 0.1) is 0 Å². The molecular weight excluding hydrogens is 260 g/mol. The lowest BCUT2D eigenvalue weighted by Crippen LogP contribution is -2.39. The fourth-order valence-electron chi connectivity index (χ4n) is 2.16.